The molecule has 31 heavy (non-hydrogen) atoms. The summed E-state index contributed by atoms with van der Waals surface area (Å²) in [7, 11) is 0. The fourth-order valence-electron chi connectivity index (χ4n) is 4.19. The number of nitrogens with zero attached hydrogens (tertiary/aromatic N) is 1. The van der Waals surface area contributed by atoms with E-state index in [-0.39, 0.29) is 12.3 Å². The van der Waals surface area contributed by atoms with Crippen molar-refractivity contribution < 1.29 is 13.6 Å². The topological polar surface area (TPSA) is 101 Å². The third-order valence-electron chi connectivity index (χ3n) is 5.86. The van der Waals surface area contributed by atoms with Gasteiger partial charge in [0.25, 0.3) is 0 Å². The van der Waals surface area contributed by atoms with Gasteiger partial charge in [-0.2, -0.15) is 0 Å². The molecule has 5 rings (SSSR count). The first-order valence-electron chi connectivity index (χ1n) is 10.0. The first-order chi connectivity index (χ1) is 14.8. The minimum absolute atomic E-state index is 0.130. The molecule has 0 spiro atoms. The average Bonchev–Trinajstić information content (AvgIpc) is 3.25. The van der Waals surface area contributed by atoms with Crippen LogP contribution < -0.4 is 10.9 Å². The number of benzene rings is 2. The number of nitrogens with one attached hydrogen (secondary N) is 2. The zero-order chi connectivity index (χ0) is 21.9. The van der Waals surface area contributed by atoms with Crippen LogP contribution in [0.25, 0.3) is 33.0 Å². The Hall–Kier alpha value is -3.87. The van der Waals surface area contributed by atoms with Crippen LogP contribution >= 0.6 is 0 Å². The van der Waals surface area contributed by atoms with Gasteiger partial charge in [0.15, 0.2) is 0 Å². The van der Waals surface area contributed by atoms with E-state index in [4.69, 9.17) is 8.83 Å². The lowest BCUT2D eigenvalue weighted by Gasteiger charge is -2.09. The molecule has 1 amide bonds. The van der Waals surface area contributed by atoms with Crippen molar-refractivity contribution in [1.29, 1.82) is 0 Å². The third-order valence-corrected chi connectivity index (χ3v) is 5.86. The van der Waals surface area contributed by atoms with Gasteiger partial charge in [0.2, 0.25) is 11.9 Å². The predicted octanol–water partition coefficient (Wildman–Crippen LogP) is 4.83. The number of hydrogen-bond acceptors (Lipinski definition) is 5. The highest BCUT2D eigenvalue weighted by atomic mass is 16.4. The minimum Gasteiger partial charge on any atom is -0.460 e. The molecule has 0 atom stereocenters. The Morgan fingerprint density at radius 1 is 1.06 bits per heavy atom. The maximum absolute atomic E-state index is 12.7. The van der Waals surface area contributed by atoms with Crippen LogP contribution in [0.5, 0.6) is 0 Å². The van der Waals surface area contributed by atoms with E-state index >= 15 is 0 Å². The van der Waals surface area contributed by atoms with Gasteiger partial charge in [-0.05, 0) is 62.6 Å². The largest absolute Gasteiger partial charge is 0.460 e. The quantitative estimate of drug-likeness (QED) is 0.411. The Bertz CT molecular complexity index is 1540. The second-order valence-electron chi connectivity index (χ2n) is 7.87. The van der Waals surface area contributed by atoms with Gasteiger partial charge in [0.05, 0.1) is 28.4 Å². The van der Waals surface area contributed by atoms with Crippen LogP contribution in [0.1, 0.15) is 28.0 Å². The number of furan rings is 1. The van der Waals surface area contributed by atoms with Gasteiger partial charge < -0.3 is 13.8 Å². The monoisotopic (exact) mass is 415 g/mol. The maximum Gasteiger partial charge on any atom is 0.340 e. The standard InChI is InChI=1S/C24H21N3O4/c1-11-9-18-21(22-20(11)12(2)14(4)30-22)13(3)15(23(29)31-18)10-19(28)27-24-25-16-7-5-6-8-17(16)26-24/h5-9H,10H2,1-4H3,(H2,25,26,27,28). The van der Waals surface area contributed by atoms with Gasteiger partial charge in [0.1, 0.15) is 16.9 Å². The molecule has 0 aliphatic carbocycles. The molecule has 5 aromatic rings. The Labute approximate surface area is 177 Å². The molecule has 0 saturated heterocycles. The summed E-state index contributed by atoms with van der Waals surface area (Å²) >= 11 is 0. The molecule has 0 radical (unpaired) electrons. The Kier molecular flexibility index (Phi) is 4.22. The number of aromatic nitrogens is 2. The number of para-hydroxylation sites is 2. The summed E-state index contributed by atoms with van der Waals surface area (Å²) in [6.07, 6.45) is -0.130. The Morgan fingerprint density at radius 2 is 1.84 bits per heavy atom. The maximum atomic E-state index is 12.7. The molecule has 0 saturated carbocycles. The lowest BCUT2D eigenvalue weighted by Crippen LogP contribution is -2.21. The van der Waals surface area contributed by atoms with Gasteiger partial charge >= 0.3 is 5.63 Å². The smallest absolute Gasteiger partial charge is 0.340 e. The molecule has 3 heterocycles. The fourth-order valence-corrected chi connectivity index (χ4v) is 4.19. The second-order valence-corrected chi connectivity index (χ2v) is 7.87. The Balaban J connectivity index is 1.57. The molecule has 2 N–H and O–H groups in total. The molecule has 7 nitrogen and oxygen atoms in total. The Morgan fingerprint density at radius 3 is 2.61 bits per heavy atom. The number of carbonyl (C=O) groups is 1. The SMILES string of the molecule is Cc1oc2c(c(C)cc3oc(=O)c(CC(=O)Nc4nc5ccccc5[nH]4)c(C)c32)c1C. The number of H-pyrrole nitrogens is 1. The molecule has 0 aliphatic rings. The van der Waals surface area contributed by atoms with Crippen LogP contribution in [0, 0.1) is 27.7 Å². The summed E-state index contributed by atoms with van der Waals surface area (Å²) in [5.41, 5.74) is 5.22. The van der Waals surface area contributed by atoms with E-state index in [9.17, 15) is 9.59 Å². The molecule has 3 aromatic heterocycles. The molecule has 156 valence electrons. The summed E-state index contributed by atoms with van der Waals surface area (Å²) in [5, 5.41) is 4.47. The number of fused-ring (bicyclic) bond motifs is 4. The van der Waals surface area contributed by atoms with E-state index in [0.29, 0.717) is 28.2 Å². The first-order valence-corrected chi connectivity index (χ1v) is 10.0. The van der Waals surface area contributed by atoms with Crippen LogP contribution in [-0.2, 0) is 11.2 Å². The van der Waals surface area contributed by atoms with Crippen LogP contribution in [-0.4, -0.2) is 15.9 Å². The van der Waals surface area contributed by atoms with Crippen molar-refractivity contribution in [2.75, 3.05) is 5.32 Å². The lowest BCUT2D eigenvalue weighted by molar-refractivity contribution is -0.115. The number of hydrogen-bond donors (Lipinski definition) is 2. The highest BCUT2D eigenvalue weighted by Crippen LogP contribution is 2.36. The van der Waals surface area contributed by atoms with Gasteiger partial charge in [0, 0.05) is 5.39 Å². The van der Waals surface area contributed by atoms with E-state index in [1.165, 1.54) is 0 Å². The number of amides is 1. The molecular weight excluding hydrogens is 394 g/mol. The van der Waals surface area contributed by atoms with E-state index < -0.39 is 5.63 Å². The van der Waals surface area contributed by atoms with Gasteiger partial charge in [-0.1, -0.05) is 12.1 Å². The highest BCUT2D eigenvalue weighted by Gasteiger charge is 2.21. The number of anilines is 1. The van der Waals surface area contributed by atoms with Crippen molar-refractivity contribution in [2.45, 2.75) is 34.1 Å². The van der Waals surface area contributed by atoms with Crippen molar-refractivity contribution in [3.8, 4) is 0 Å². The number of imidazole rings is 1. The van der Waals surface area contributed by atoms with Crippen molar-refractivity contribution in [2.24, 2.45) is 0 Å². The van der Waals surface area contributed by atoms with Gasteiger partial charge in [-0.15, -0.1) is 0 Å². The van der Waals surface area contributed by atoms with Crippen LogP contribution in [0.15, 0.2) is 44.0 Å². The molecular formula is C24H21N3O4. The van der Waals surface area contributed by atoms with Gasteiger partial charge in [-0.3, -0.25) is 10.1 Å². The zero-order valence-corrected chi connectivity index (χ0v) is 17.7. The fraction of sp³-hybridized carbons (Fsp3) is 0.208. The van der Waals surface area contributed by atoms with Crippen molar-refractivity contribution in [3.05, 3.63) is 68.8 Å². The molecule has 0 bridgehead atoms. The summed E-state index contributed by atoms with van der Waals surface area (Å²) in [6.45, 7) is 7.71. The highest BCUT2D eigenvalue weighted by molar-refractivity contribution is 6.07. The van der Waals surface area contributed by atoms with Crippen LogP contribution in [0.3, 0.4) is 0 Å². The van der Waals surface area contributed by atoms with E-state index in [0.717, 1.165) is 38.7 Å². The van der Waals surface area contributed by atoms with Crippen molar-refractivity contribution in [3.63, 3.8) is 0 Å². The lowest BCUT2D eigenvalue weighted by atomic mass is 9.98. The predicted molar refractivity (Wildman–Crippen MR) is 120 cm³/mol. The van der Waals surface area contributed by atoms with Gasteiger partial charge in [-0.25, -0.2) is 9.78 Å². The minimum atomic E-state index is -0.525. The number of rotatable bonds is 3. The normalized spacial score (nSPS) is 11.6. The second kappa shape index (κ2) is 6.84. The molecule has 0 unspecified atom stereocenters. The average molecular weight is 415 g/mol. The third kappa shape index (κ3) is 3.01. The summed E-state index contributed by atoms with van der Waals surface area (Å²) < 4.78 is 11.6. The zero-order valence-electron chi connectivity index (χ0n) is 17.7. The first kappa shape index (κ1) is 19.1. The summed E-state index contributed by atoms with van der Waals surface area (Å²) in [5.74, 6) is 0.800. The molecule has 0 aliphatic heterocycles. The number of carbonyl (C=O) groups excluding carboxylic acids is 1. The molecule has 7 heteroatoms. The van der Waals surface area contributed by atoms with Crippen LogP contribution in [0.2, 0.25) is 0 Å². The summed E-state index contributed by atoms with van der Waals surface area (Å²) in [6, 6.07) is 9.34. The van der Waals surface area contributed by atoms with Crippen LogP contribution in [0.4, 0.5) is 5.95 Å². The number of aromatic amines is 1. The van der Waals surface area contributed by atoms with Crippen molar-refractivity contribution >= 4 is 44.8 Å². The number of aryl methyl sites for hydroxylation is 4. The van der Waals surface area contributed by atoms with E-state index in [1.54, 1.807) is 0 Å². The van der Waals surface area contributed by atoms with E-state index in [2.05, 4.69) is 15.3 Å². The molecule has 0 fully saturated rings. The van der Waals surface area contributed by atoms with E-state index in [1.807, 2.05) is 58.0 Å². The van der Waals surface area contributed by atoms with Crippen molar-refractivity contribution in [1.82, 2.24) is 9.97 Å². The summed E-state index contributed by atoms with van der Waals surface area (Å²) in [4.78, 5) is 32.8. The molecule has 2 aromatic carbocycles.